The lowest BCUT2D eigenvalue weighted by atomic mass is 9.89. The summed E-state index contributed by atoms with van der Waals surface area (Å²) in [6.07, 6.45) is -6.08. The van der Waals surface area contributed by atoms with Crippen molar-refractivity contribution >= 4 is 11.9 Å². The summed E-state index contributed by atoms with van der Waals surface area (Å²) in [6.45, 7) is 8.84. The molecule has 0 heterocycles. The van der Waals surface area contributed by atoms with Crippen molar-refractivity contribution in [3.63, 3.8) is 0 Å². The number of esters is 1. The summed E-state index contributed by atoms with van der Waals surface area (Å²) < 4.78 is 42.6. The van der Waals surface area contributed by atoms with Gasteiger partial charge in [-0.2, -0.15) is 13.2 Å². The Balaban J connectivity index is 5.06. The molecule has 0 fully saturated rings. The van der Waals surface area contributed by atoms with Crippen LogP contribution in [0.2, 0.25) is 0 Å². The van der Waals surface area contributed by atoms with Gasteiger partial charge in [0, 0.05) is 6.42 Å². The minimum absolute atomic E-state index is 0.00440. The van der Waals surface area contributed by atoms with E-state index in [1.54, 1.807) is 0 Å². The van der Waals surface area contributed by atoms with Crippen LogP contribution in [0.25, 0.3) is 0 Å². The number of hydrogen-bond donors (Lipinski definition) is 1. The maximum Gasteiger partial charge on any atom is 0.389 e. The molecule has 1 N–H and O–H groups in total. The predicted molar refractivity (Wildman–Crippen MR) is 79.8 cm³/mol. The summed E-state index contributed by atoms with van der Waals surface area (Å²) in [5.74, 6) is -4.44. The molecule has 0 aromatic carbocycles. The fourth-order valence-electron chi connectivity index (χ4n) is 2.22. The summed E-state index contributed by atoms with van der Waals surface area (Å²) in [5.41, 5.74) is 0. The van der Waals surface area contributed by atoms with Gasteiger partial charge in [0.15, 0.2) is 0 Å². The SMILES string of the molecule is CC(C)CC(OC(=O)C(CCC(F)(F)F)C(C)C(=O)O)C(C)C. The molecule has 3 unspecified atom stereocenters. The Bertz CT molecular complexity index is 391. The molecule has 136 valence electrons. The van der Waals surface area contributed by atoms with Crippen LogP contribution in [0.3, 0.4) is 0 Å². The van der Waals surface area contributed by atoms with Crippen molar-refractivity contribution in [1.29, 1.82) is 0 Å². The highest BCUT2D eigenvalue weighted by Gasteiger charge is 2.37. The number of aliphatic carboxylic acids is 1. The standard InChI is InChI=1S/C16H27F3O4/c1-9(2)8-13(10(3)4)23-15(22)12(11(5)14(20)21)6-7-16(17,18)19/h9-13H,6-8H2,1-5H3,(H,20,21). The fourth-order valence-corrected chi connectivity index (χ4v) is 2.22. The molecule has 0 spiro atoms. The number of carboxylic acids is 1. The third-order valence-electron chi connectivity index (χ3n) is 3.75. The Morgan fingerprint density at radius 2 is 1.61 bits per heavy atom. The van der Waals surface area contributed by atoms with Gasteiger partial charge in [-0.25, -0.2) is 0 Å². The lowest BCUT2D eigenvalue weighted by molar-refractivity contribution is -0.168. The van der Waals surface area contributed by atoms with Crippen molar-refractivity contribution in [2.24, 2.45) is 23.7 Å². The topological polar surface area (TPSA) is 63.6 Å². The second kappa shape index (κ2) is 9.13. The number of carboxylic acid groups (broad SMARTS) is 1. The molecule has 0 saturated carbocycles. The van der Waals surface area contributed by atoms with Crippen LogP contribution in [0.4, 0.5) is 13.2 Å². The van der Waals surface area contributed by atoms with Crippen molar-refractivity contribution in [2.75, 3.05) is 0 Å². The van der Waals surface area contributed by atoms with Crippen LogP contribution >= 0.6 is 0 Å². The largest absolute Gasteiger partial charge is 0.481 e. The van der Waals surface area contributed by atoms with Gasteiger partial charge in [0.25, 0.3) is 0 Å². The molecule has 0 rings (SSSR count). The zero-order chi connectivity index (χ0) is 18.4. The molecule has 4 nitrogen and oxygen atoms in total. The molecule has 0 aromatic rings. The molecule has 0 radical (unpaired) electrons. The van der Waals surface area contributed by atoms with Crippen LogP contribution in [-0.2, 0) is 14.3 Å². The molecule has 3 atom stereocenters. The third-order valence-corrected chi connectivity index (χ3v) is 3.75. The van der Waals surface area contributed by atoms with E-state index in [4.69, 9.17) is 9.84 Å². The highest BCUT2D eigenvalue weighted by molar-refractivity contribution is 5.80. The molecule has 23 heavy (non-hydrogen) atoms. The number of hydrogen-bond acceptors (Lipinski definition) is 3. The monoisotopic (exact) mass is 340 g/mol. The van der Waals surface area contributed by atoms with Gasteiger partial charge in [0.05, 0.1) is 11.8 Å². The van der Waals surface area contributed by atoms with Crippen molar-refractivity contribution in [3.8, 4) is 0 Å². The molecule has 0 saturated heterocycles. The van der Waals surface area contributed by atoms with Crippen LogP contribution < -0.4 is 0 Å². The van der Waals surface area contributed by atoms with Crippen LogP contribution in [0, 0.1) is 23.7 Å². The Morgan fingerprint density at radius 1 is 1.09 bits per heavy atom. The van der Waals surface area contributed by atoms with E-state index in [-0.39, 0.29) is 11.8 Å². The zero-order valence-corrected chi connectivity index (χ0v) is 14.3. The Kier molecular flexibility index (Phi) is 8.63. The van der Waals surface area contributed by atoms with Gasteiger partial charge < -0.3 is 9.84 Å². The smallest absolute Gasteiger partial charge is 0.389 e. The van der Waals surface area contributed by atoms with Crippen LogP contribution in [0.5, 0.6) is 0 Å². The van der Waals surface area contributed by atoms with E-state index in [0.29, 0.717) is 6.42 Å². The predicted octanol–water partition coefficient (Wildman–Crippen LogP) is 4.28. The number of carbonyl (C=O) groups is 2. The molecule has 7 heteroatoms. The Hall–Kier alpha value is -1.27. The first-order valence-electron chi connectivity index (χ1n) is 7.85. The summed E-state index contributed by atoms with van der Waals surface area (Å²) in [4.78, 5) is 23.3. The average molecular weight is 340 g/mol. The van der Waals surface area contributed by atoms with Gasteiger partial charge in [0.2, 0.25) is 0 Å². The Labute approximate surface area is 135 Å². The van der Waals surface area contributed by atoms with E-state index >= 15 is 0 Å². The molecule has 0 bridgehead atoms. The van der Waals surface area contributed by atoms with Gasteiger partial charge in [-0.1, -0.05) is 34.6 Å². The van der Waals surface area contributed by atoms with E-state index in [9.17, 15) is 22.8 Å². The maximum absolute atomic E-state index is 12.4. The van der Waals surface area contributed by atoms with Crippen molar-refractivity contribution in [3.05, 3.63) is 0 Å². The second-order valence-corrected chi connectivity index (χ2v) is 6.74. The molecule has 0 aliphatic carbocycles. The average Bonchev–Trinajstić information content (AvgIpc) is 2.35. The van der Waals surface area contributed by atoms with Crippen LogP contribution in [0.15, 0.2) is 0 Å². The summed E-state index contributed by atoms with van der Waals surface area (Å²) in [6, 6.07) is 0. The van der Waals surface area contributed by atoms with Gasteiger partial charge in [-0.3, -0.25) is 9.59 Å². The van der Waals surface area contributed by atoms with Gasteiger partial charge in [0.1, 0.15) is 6.10 Å². The van der Waals surface area contributed by atoms with E-state index in [1.807, 2.05) is 27.7 Å². The van der Waals surface area contributed by atoms with Gasteiger partial charge in [-0.05, 0) is 24.7 Å². The normalized spacial score (nSPS) is 16.3. The minimum Gasteiger partial charge on any atom is -0.481 e. The van der Waals surface area contributed by atoms with E-state index < -0.39 is 48.9 Å². The lowest BCUT2D eigenvalue weighted by Gasteiger charge is -2.27. The molecule has 0 amide bonds. The Morgan fingerprint density at radius 3 is 1.96 bits per heavy atom. The first kappa shape index (κ1) is 21.7. The lowest BCUT2D eigenvalue weighted by Crippen LogP contribution is -2.35. The van der Waals surface area contributed by atoms with Gasteiger partial charge >= 0.3 is 18.1 Å². The van der Waals surface area contributed by atoms with E-state index in [1.165, 1.54) is 6.92 Å². The quantitative estimate of drug-likeness (QED) is 0.636. The highest BCUT2D eigenvalue weighted by atomic mass is 19.4. The fraction of sp³-hybridized carbons (Fsp3) is 0.875. The van der Waals surface area contributed by atoms with Gasteiger partial charge in [-0.15, -0.1) is 0 Å². The molecular formula is C16H27F3O4. The first-order valence-corrected chi connectivity index (χ1v) is 7.85. The van der Waals surface area contributed by atoms with Crippen molar-refractivity contribution in [1.82, 2.24) is 0 Å². The molecule has 0 aliphatic heterocycles. The minimum atomic E-state index is -4.44. The van der Waals surface area contributed by atoms with Crippen molar-refractivity contribution in [2.45, 2.75) is 66.2 Å². The number of ether oxygens (including phenoxy) is 1. The van der Waals surface area contributed by atoms with Crippen molar-refractivity contribution < 1.29 is 32.6 Å². The molecule has 0 aliphatic rings. The first-order chi connectivity index (χ1) is 10.3. The third kappa shape index (κ3) is 8.81. The summed E-state index contributed by atoms with van der Waals surface area (Å²) >= 11 is 0. The maximum atomic E-state index is 12.4. The number of carbonyl (C=O) groups excluding carboxylic acids is 1. The zero-order valence-electron chi connectivity index (χ0n) is 14.3. The van der Waals surface area contributed by atoms with Crippen LogP contribution in [0.1, 0.15) is 53.9 Å². The molecule has 0 aromatic heterocycles. The summed E-state index contributed by atoms with van der Waals surface area (Å²) in [5, 5.41) is 9.03. The highest BCUT2D eigenvalue weighted by Crippen LogP contribution is 2.29. The molecular weight excluding hydrogens is 313 g/mol. The number of alkyl halides is 3. The van der Waals surface area contributed by atoms with Crippen LogP contribution in [-0.4, -0.2) is 29.3 Å². The van der Waals surface area contributed by atoms with E-state index in [2.05, 4.69) is 0 Å². The summed E-state index contributed by atoms with van der Waals surface area (Å²) in [7, 11) is 0. The second-order valence-electron chi connectivity index (χ2n) is 6.74. The number of rotatable bonds is 9. The number of halogens is 3. The van der Waals surface area contributed by atoms with E-state index in [0.717, 1.165) is 0 Å².